The second-order valence-electron chi connectivity index (χ2n) is 5.46. The van der Waals surface area contributed by atoms with Gasteiger partial charge < -0.3 is 15.5 Å². The van der Waals surface area contributed by atoms with E-state index >= 15 is 0 Å². The average Bonchev–Trinajstić information content (AvgIpc) is 3.10. The lowest BCUT2D eigenvalue weighted by Gasteiger charge is -2.17. The normalized spacial score (nSPS) is 11.8. The summed E-state index contributed by atoms with van der Waals surface area (Å²) < 4.78 is 0. The van der Waals surface area contributed by atoms with Crippen LogP contribution in [0.25, 0.3) is 0 Å². The number of likely N-dealkylation sites (N-methyl/N-ethyl adjacent to an activating group) is 1. The minimum absolute atomic E-state index is 0.0844. The number of nitrogens with one attached hydrogen (secondary N) is 3. The van der Waals surface area contributed by atoms with E-state index in [1.165, 1.54) is 0 Å². The molecule has 134 valence electrons. The molecule has 1 unspecified atom stereocenters. The van der Waals surface area contributed by atoms with Crippen molar-refractivity contribution in [3.8, 4) is 0 Å². The van der Waals surface area contributed by atoms with Crippen LogP contribution in [-0.2, 0) is 16.1 Å². The number of hydrogen-bond donors (Lipinski definition) is 3. The zero-order chi connectivity index (χ0) is 18.2. The number of hydrogen-bond acceptors (Lipinski definition) is 3. The summed E-state index contributed by atoms with van der Waals surface area (Å²) in [4.78, 5) is 26.2. The van der Waals surface area contributed by atoms with E-state index in [0.29, 0.717) is 28.8 Å². The van der Waals surface area contributed by atoms with E-state index in [1.807, 2.05) is 24.4 Å². The summed E-state index contributed by atoms with van der Waals surface area (Å²) in [6.07, 6.45) is 0. The molecule has 0 aliphatic rings. The van der Waals surface area contributed by atoms with Crippen molar-refractivity contribution in [3.63, 3.8) is 0 Å². The smallest absolute Gasteiger partial charge is 0.279 e. The molecule has 5 nitrogen and oxygen atoms in total. The summed E-state index contributed by atoms with van der Waals surface area (Å²) in [6, 6.07) is 8.97. The fourth-order valence-corrected chi connectivity index (χ4v) is 3.22. The first-order valence-electron chi connectivity index (χ1n) is 7.86. The monoisotopic (exact) mass is 400 g/mol. The highest BCUT2D eigenvalue weighted by Crippen LogP contribution is 2.29. The van der Waals surface area contributed by atoms with Crippen molar-refractivity contribution in [2.75, 3.05) is 25.0 Å². The van der Waals surface area contributed by atoms with Gasteiger partial charge in [0.05, 0.1) is 28.8 Å². The van der Waals surface area contributed by atoms with Crippen LogP contribution >= 0.6 is 34.5 Å². The second kappa shape index (κ2) is 9.77. The van der Waals surface area contributed by atoms with E-state index in [-0.39, 0.29) is 24.9 Å². The van der Waals surface area contributed by atoms with Gasteiger partial charge in [-0.1, -0.05) is 35.3 Å². The van der Waals surface area contributed by atoms with Crippen molar-refractivity contribution in [3.05, 3.63) is 50.6 Å². The lowest BCUT2D eigenvalue weighted by Crippen LogP contribution is -3.13. The SMILES string of the molecule is CC[NH+](CC(=O)NCc1cccs1)CC(=O)Nc1cccc(Cl)c1Cl. The summed E-state index contributed by atoms with van der Waals surface area (Å²) in [5.41, 5.74) is 0.469. The van der Waals surface area contributed by atoms with Gasteiger partial charge >= 0.3 is 0 Å². The van der Waals surface area contributed by atoms with Gasteiger partial charge in [-0.15, -0.1) is 11.3 Å². The topological polar surface area (TPSA) is 62.6 Å². The van der Waals surface area contributed by atoms with Gasteiger partial charge in [0.25, 0.3) is 11.8 Å². The molecule has 0 radical (unpaired) electrons. The van der Waals surface area contributed by atoms with Gasteiger partial charge in [0.1, 0.15) is 0 Å². The highest BCUT2D eigenvalue weighted by Gasteiger charge is 2.17. The van der Waals surface area contributed by atoms with Crippen molar-refractivity contribution in [1.29, 1.82) is 0 Å². The molecule has 25 heavy (non-hydrogen) atoms. The third-order valence-electron chi connectivity index (χ3n) is 3.59. The number of carbonyl (C=O) groups is 2. The van der Waals surface area contributed by atoms with E-state index < -0.39 is 0 Å². The van der Waals surface area contributed by atoms with Crippen LogP contribution in [0.1, 0.15) is 11.8 Å². The Labute approximate surface area is 160 Å². The molecule has 1 heterocycles. The Morgan fingerprint density at radius 1 is 1.12 bits per heavy atom. The number of anilines is 1. The molecule has 3 N–H and O–H groups in total. The van der Waals surface area contributed by atoms with Gasteiger partial charge in [-0.05, 0) is 30.5 Å². The van der Waals surface area contributed by atoms with Gasteiger partial charge in [0.2, 0.25) is 0 Å². The zero-order valence-corrected chi connectivity index (χ0v) is 16.1. The number of quaternary nitrogens is 1. The Hall–Kier alpha value is -1.60. The number of rotatable bonds is 8. The molecule has 1 aromatic heterocycles. The largest absolute Gasteiger partial charge is 0.346 e. The van der Waals surface area contributed by atoms with Crippen LogP contribution in [0.3, 0.4) is 0 Å². The first-order valence-corrected chi connectivity index (χ1v) is 9.49. The Morgan fingerprint density at radius 2 is 1.88 bits per heavy atom. The number of benzene rings is 1. The first-order chi connectivity index (χ1) is 12.0. The fourth-order valence-electron chi connectivity index (χ4n) is 2.22. The lowest BCUT2D eigenvalue weighted by molar-refractivity contribution is -0.881. The van der Waals surface area contributed by atoms with E-state index in [2.05, 4.69) is 10.6 Å². The van der Waals surface area contributed by atoms with E-state index in [0.717, 1.165) is 9.78 Å². The molecule has 0 saturated carbocycles. The standard InChI is InChI=1S/C17H19Cl2N3O2S/c1-2-22(10-15(23)20-9-12-5-4-8-25-12)11-16(24)21-14-7-3-6-13(18)17(14)19/h3-8H,2,9-11H2,1H3,(H,20,23)(H,21,24)/p+1. The Kier molecular flexibility index (Phi) is 7.71. The third-order valence-corrected chi connectivity index (χ3v) is 5.28. The molecule has 0 spiro atoms. The number of halogens is 2. The van der Waals surface area contributed by atoms with Crippen molar-refractivity contribution in [2.45, 2.75) is 13.5 Å². The highest BCUT2D eigenvalue weighted by atomic mass is 35.5. The maximum Gasteiger partial charge on any atom is 0.279 e. The molecular formula is C17H20Cl2N3O2S+. The third kappa shape index (κ3) is 6.32. The van der Waals surface area contributed by atoms with Gasteiger partial charge in [-0.3, -0.25) is 9.59 Å². The first kappa shape index (κ1) is 19.7. The molecule has 1 aromatic carbocycles. The zero-order valence-electron chi connectivity index (χ0n) is 13.8. The quantitative estimate of drug-likeness (QED) is 0.635. The molecule has 2 amide bonds. The van der Waals surface area contributed by atoms with Crippen LogP contribution in [0.5, 0.6) is 0 Å². The molecule has 0 fully saturated rings. The molecule has 0 aliphatic carbocycles. The average molecular weight is 401 g/mol. The van der Waals surface area contributed by atoms with Gasteiger partial charge in [-0.2, -0.15) is 0 Å². The van der Waals surface area contributed by atoms with E-state index in [9.17, 15) is 9.59 Å². The van der Waals surface area contributed by atoms with Crippen LogP contribution in [0.15, 0.2) is 35.7 Å². The molecule has 2 rings (SSSR count). The summed E-state index contributed by atoms with van der Waals surface area (Å²) in [7, 11) is 0. The number of carbonyl (C=O) groups excluding carboxylic acids is 2. The van der Waals surface area contributed by atoms with E-state index in [4.69, 9.17) is 23.2 Å². The molecule has 0 bridgehead atoms. The number of amides is 2. The number of thiophene rings is 1. The Bertz CT molecular complexity index is 723. The summed E-state index contributed by atoms with van der Waals surface area (Å²) in [5.74, 6) is -0.300. The van der Waals surface area contributed by atoms with E-state index in [1.54, 1.807) is 29.5 Å². The Balaban J connectivity index is 1.82. The van der Waals surface area contributed by atoms with Gasteiger partial charge in [-0.25, -0.2) is 0 Å². The van der Waals surface area contributed by atoms with Crippen molar-refractivity contribution in [2.24, 2.45) is 0 Å². The van der Waals surface area contributed by atoms with Crippen molar-refractivity contribution >= 4 is 52.0 Å². The van der Waals surface area contributed by atoms with Crippen molar-refractivity contribution < 1.29 is 14.5 Å². The Morgan fingerprint density at radius 3 is 2.56 bits per heavy atom. The fraction of sp³-hybridized carbons (Fsp3) is 0.294. The molecule has 1 atom stereocenters. The predicted octanol–water partition coefficient (Wildman–Crippen LogP) is 2.21. The van der Waals surface area contributed by atoms with Crippen LogP contribution in [0, 0.1) is 0 Å². The second-order valence-corrected chi connectivity index (χ2v) is 7.28. The maximum atomic E-state index is 12.2. The minimum atomic E-state index is -0.216. The molecule has 0 aliphatic heterocycles. The minimum Gasteiger partial charge on any atom is -0.346 e. The lowest BCUT2D eigenvalue weighted by atomic mass is 10.3. The summed E-state index contributed by atoms with van der Waals surface area (Å²) >= 11 is 13.6. The predicted molar refractivity (Wildman–Crippen MR) is 102 cm³/mol. The molecule has 8 heteroatoms. The van der Waals surface area contributed by atoms with Gasteiger partial charge in [0, 0.05) is 4.88 Å². The molecule has 0 saturated heterocycles. The summed E-state index contributed by atoms with van der Waals surface area (Å²) in [5, 5.41) is 8.27. The van der Waals surface area contributed by atoms with Crippen molar-refractivity contribution in [1.82, 2.24) is 5.32 Å². The molecule has 2 aromatic rings. The maximum absolute atomic E-state index is 12.2. The van der Waals surface area contributed by atoms with Crippen LogP contribution in [0.4, 0.5) is 5.69 Å². The van der Waals surface area contributed by atoms with Crippen LogP contribution in [0.2, 0.25) is 10.0 Å². The van der Waals surface area contributed by atoms with Crippen LogP contribution in [-0.4, -0.2) is 31.4 Å². The van der Waals surface area contributed by atoms with Gasteiger partial charge in [0.15, 0.2) is 13.1 Å². The molecular weight excluding hydrogens is 381 g/mol. The highest BCUT2D eigenvalue weighted by molar-refractivity contribution is 7.09. The summed E-state index contributed by atoms with van der Waals surface area (Å²) in [6.45, 7) is 3.51. The van der Waals surface area contributed by atoms with Crippen LogP contribution < -0.4 is 15.5 Å².